The lowest BCUT2D eigenvalue weighted by Gasteiger charge is -1.98. The summed E-state index contributed by atoms with van der Waals surface area (Å²) >= 11 is 0. The van der Waals surface area contributed by atoms with Gasteiger partial charge in [0.1, 0.15) is 0 Å². The van der Waals surface area contributed by atoms with Crippen LogP contribution in [0.4, 0.5) is 0 Å². The lowest BCUT2D eigenvalue weighted by Crippen LogP contribution is -2.09. The smallest absolute Gasteiger partial charge is 0.217 e. The minimum absolute atomic E-state index is 0.163. The van der Waals surface area contributed by atoms with Crippen LogP contribution in [0.3, 0.4) is 0 Å². The van der Waals surface area contributed by atoms with Crippen molar-refractivity contribution < 1.29 is 4.79 Å². The lowest BCUT2D eigenvalue weighted by atomic mass is 10.1. The zero-order valence-corrected chi connectivity index (χ0v) is 11.6. The minimum Gasteiger partial charge on any atom is -0.370 e. The Labute approximate surface area is 112 Å². The SMILES string of the molecule is CCCCCCCCCC(N)=O.c1ccccc1. The zero-order valence-electron chi connectivity index (χ0n) is 11.6. The number of carbonyl (C=O) groups is 1. The summed E-state index contributed by atoms with van der Waals surface area (Å²) in [5.74, 6) is -0.163. The third-order valence-electron chi connectivity index (χ3n) is 2.69. The van der Waals surface area contributed by atoms with Gasteiger partial charge in [0.05, 0.1) is 0 Å². The van der Waals surface area contributed by atoms with Gasteiger partial charge in [0.2, 0.25) is 5.91 Å². The van der Waals surface area contributed by atoms with Crippen LogP contribution in [-0.4, -0.2) is 5.91 Å². The van der Waals surface area contributed by atoms with E-state index in [4.69, 9.17) is 5.73 Å². The van der Waals surface area contributed by atoms with E-state index in [9.17, 15) is 4.79 Å². The molecule has 1 rings (SSSR count). The molecule has 0 bridgehead atoms. The molecule has 0 atom stereocenters. The Kier molecular flexibility index (Phi) is 12.8. The van der Waals surface area contributed by atoms with Crippen molar-refractivity contribution in [2.24, 2.45) is 5.73 Å². The molecule has 2 heteroatoms. The Morgan fingerprint density at radius 2 is 1.17 bits per heavy atom. The number of amides is 1. The quantitative estimate of drug-likeness (QED) is 0.686. The molecule has 1 aromatic carbocycles. The molecule has 0 aliphatic heterocycles. The summed E-state index contributed by atoms with van der Waals surface area (Å²) in [6.45, 7) is 2.22. The van der Waals surface area contributed by atoms with Crippen molar-refractivity contribution in [3.8, 4) is 0 Å². The fourth-order valence-corrected chi connectivity index (χ4v) is 1.64. The Hall–Kier alpha value is -1.31. The van der Waals surface area contributed by atoms with Crippen molar-refractivity contribution in [1.82, 2.24) is 0 Å². The van der Waals surface area contributed by atoms with Gasteiger partial charge in [0.25, 0.3) is 0 Å². The number of hydrogen-bond donors (Lipinski definition) is 1. The third-order valence-corrected chi connectivity index (χ3v) is 2.69. The maximum absolute atomic E-state index is 10.4. The number of hydrogen-bond acceptors (Lipinski definition) is 1. The number of nitrogens with two attached hydrogens (primary N) is 1. The highest BCUT2D eigenvalue weighted by atomic mass is 16.1. The van der Waals surface area contributed by atoms with Crippen LogP contribution in [-0.2, 0) is 4.79 Å². The van der Waals surface area contributed by atoms with Crippen molar-refractivity contribution in [2.75, 3.05) is 0 Å². The van der Waals surface area contributed by atoms with Crippen molar-refractivity contribution >= 4 is 5.91 Å². The maximum Gasteiger partial charge on any atom is 0.217 e. The van der Waals surface area contributed by atoms with Gasteiger partial charge in [-0.05, 0) is 6.42 Å². The van der Waals surface area contributed by atoms with Crippen LogP contribution in [0.5, 0.6) is 0 Å². The van der Waals surface area contributed by atoms with E-state index in [1.54, 1.807) is 0 Å². The van der Waals surface area contributed by atoms with Crippen LogP contribution in [0.2, 0.25) is 0 Å². The van der Waals surface area contributed by atoms with E-state index in [2.05, 4.69) is 6.92 Å². The van der Waals surface area contributed by atoms with E-state index in [0.717, 1.165) is 12.8 Å². The topological polar surface area (TPSA) is 43.1 Å². The molecule has 0 aliphatic carbocycles. The molecule has 2 N–H and O–H groups in total. The predicted molar refractivity (Wildman–Crippen MR) is 78.2 cm³/mol. The molecule has 2 nitrogen and oxygen atoms in total. The first-order valence-electron chi connectivity index (χ1n) is 7.05. The van der Waals surface area contributed by atoms with Gasteiger partial charge in [0, 0.05) is 6.42 Å². The number of primary amides is 1. The Balaban J connectivity index is 0.000000397. The molecular formula is C16H27NO. The molecule has 1 amide bonds. The van der Waals surface area contributed by atoms with Crippen LogP contribution in [0.1, 0.15) is 58.3 Å². The summed E-state index contributed by atoms with van der Waals surface area (Å²) in [5, 5.41) is 0. The van der Waals surface area contributed by atoms with Crippen molar-refractivity contribution in [1.29, 1.82) is 0 Å². The summed E-state index contributed by atoms with van der Waals surface area (Å²) in [6.07, 6.45) is 9.24. The van der Waals surface area contributed by atoms with Gasteiger partial charge in [-0.3, -0.25) is 4.79 Å². The summed E-state index contributed by atoms with van der Waals surface area (Å²) in [7, 11) is 0. The average Bonchev–Trinajstić information content (AvgIpc) is 2.40. The van der Waals surface area contributed by atoms with Crippen molar-refractivity contribution in [3.05, 3.63) is 36.4 Å². The van der Waals surface area contributed by atoms with Gasteiger partial charge in [-0.25, -0.2) is 0 Å². The predicted octanol–water partition coefficient (Wildman–Crippen LogP) is 4.30. The molecule has 0 spiro atoms. The highest BCUT2D eigenvalue weighted by Gasteiger charge is 1.94. The number of benzene rings is 1. The normalized spacial score (nSPS) is 9.39. The van der Waals surface area contributed by atoms with Crippen LogP contribution in [0.25, 0.3) is 0 Å². The standard InChI is InChI=1S/C10H21NO.C6H6/c1-2-3-4-5-6-7-8-9-10(11)12;1-2-4-6-5-3-1/h2-9H2,1H3,(H2,11,12);1-6H. The largest absolute Gasteiger partial charge is 0.370 e. The second-order valence-corrected chi connectivity index (χ2v) is 4.49. The molecule has 18 heavy (non-hydrogen) atoms. The molecule has 0 aliphatic rings. The number of rotatable bonds is 8. The van der Waals surface area contributed by atoms with Gasteiger partial charge >= 0.3 is 0 Å². The third kappa shape index (κ3) is 14.7. The molecule has 1 aromatic rings. The lowest BCUT2D eigenvalue weighted by molar-refractivity contribution is -0.118. The van der Waals surface area contributed by atoms with Gasteiger partial charge < -0.3 is 5.73 Å². The Morgan fingerprint density at radius 3 is 1.56 bits per heavy atom. The fourth-order valence-electron chi connectivity index (χ4n) is 1.64. The Morgan fingerprint density at radius 1 is 0.778 bits per heavy atom. The highest BCUT2D eigenvalue weighted by molar-refractivity contribution is 5.73. The monoisotopic (exact) mass is 249 g/mol. The molecular weight excluding hydrogens is 222 g/mol. The minimum atomic E-state index is -0.163. The van der Waals surface area contributed by atoms with Crippen LogP contribution >= 0.6 is 0 Å². The first-order valence-corrected chi connectivity index (χ1v) is 7.05. The summed E-state index contributed by atoms with van der Waals surface area (Å²) < 4.78 is 0. The van der Waals surface area contributed by atoms with Gasteiger partial charge in [-0.1, -0.05) is 81.8 Å². The van der Waals surface area contributed by atoms with E-state index < -0.39 is 0 Å². The summed E-state index contributed by atoms with van der Waals surface area (Å²) in [5.41, 5.74) is 5.02. The molecule has 102 valence electrons. The summed E-state index contributed by atoms with van der Waals surface area (Å²) in [6, 6.07) is 12.0. The number of unbranched alkanes of at least 4 members (excludes halogenated alkanes) is 6. The first-order chi connectivity index (χ1) is 8.77. The van der Waals surface area contributed by atoms with Gasteiger partial charge in [-0.15, -0.1) is 0 Å². The van der Waals surface area contributed by atoms with E-state index in [1.807, 2.05) is 36.4 Å². The molecule has 0 unspecified atom stereocenters. The molecule has 0 heterocycles. The second kappa shape index (κ2) is 13.8. The average molecular weight is 249 g/mol. The van der Waals surface area contributed by atoms with E-state index in [0.29, 0.717) is 6.42 Å². The first kappa shape index (κ1) is 16.7. The number of carbonyl (C=O) groups excluding carboxylic acids is 1. The van der Waals surface area contributed by atoms with E-state index in [1.165, 1.54) is 32.1 Å². The molecule has 0 saturated carbocycles. The van der Waals surface area contributed by atoms with Crippen molar-refractivity contribution in [3.63, 3.8) is 0 Å². The summed E-state index contributed by atoms with van der Waals surface area (Å²) in [4.78, 5) is 10.4. The second-order valence-electron chi connectivity index (χ2n) is 4.49. The molecule has 0 fully saturated rings. The van der Waals surface area contributed by atoms with Crippen LogP contribution in [0.15, 0.2) is 36.4 Å². The molecule has 0 aromatic heterocycles. The van der Waals surface area contributed by atoms with E-state index in [-0.39, 0.29) is 5.91 Å². The van der Waals surface area contributed by atoms with E-state index >= 15 is 0 Å². The van der Waals surface area contributed by atoms with Gasteiger partial charge in [-0.2, -0.15) is 0 Å². The Bertz CT molecular complexity index is 245. The molecule has 0 saturated heterocycles. The zero-order chi connectivity index (χ0) is 13.5. The van der Waals surface area contributed by atoms with Crippen LogP contribution < -0.4 is 5.73 Å². The van der Waals surface area contributed by atoms with Crippen LogP contribution in [0, 0.1) is 0 Å². The van der Waals surface area contributed by atoms with Gasteiger partial charge in [0.15, 0.2) is 0 Å². The molecule has 0 radical (unpaired) electrons. The maximum atomic E-state index is 10.4. The van der Waals surface area contributed by atoms with Crippen molar-refractivity contribution in [2.45, 2.75) is 58.3 Å². The highest BCUT2D eigenvalue weighted by Crippen LogP contribution is 2.07. The fraction of sp³-hybridized carbons (Fsp3) is 0.562.